The van der Waals surface area contributed by atoms with Crippen LogP contribution in [0.4, 0.5) is 4.53 Å². The Bertz CT molecular complexity index is 362. The Morgan fingerprint density at radius 3 is 2.00 bits per heavy atom. The van der Waals surface area contributed by atoms with Gasteiger partial charge in [-0.3, -0.25) is 9.13 Å². The van der Waals surface area contributed by atoms with Gasteiger partial charge < -0.3 is 9.79 Å². The molecule has 0 aliphatic carbocycles. The molecule has 20 heavy (non-hydrogen) atoms. The highest BCUT2D eigenvalue weighted by Gasteiger charge is 2.32. The zero-order valence-corrected chi connectivity index (χ0v) is 13.5. The molecule has 0 radical (unpaired) electrons. The fourth-order valence-electron chi connectivity index (χ4n) is 1.90. The van der Waals surface area contributed by atoms with E-state index in [2.05, 4.69) is 11.3 Å². The highest BCUT2D eigenvalue weighted by molar-refractivity contribution is 7.72. The molecule has 0 aliphatic heterocycles. The van der Waals surface area contributed by atoms with E-state index in [4.69, 9.17) is 4.89 Å². The molecule has 2 atom stereocenters. The average Bonchev–Trinajstić information content (AvgIpc) is 2.35. The molecule has 0 bridgehead atoms. The molecule has 0 rings (SSSR count). The number of rotatable bonds is 13. The molecule has 120 valence electrons. The molecule has 0 spiro atoms. The van der Waals surface area contributed by atoms with Crippen molar-refractivity contribution >= 4 is 15.0 Å². The van der Waals surface area contributed by atoms with Gasteiger partial charge in [0.15, 0.2) is 0 Å². The molecule has 8 heteroatoms. The van der Waals surface area contributed by atoms with Crippen LogP contribution in [0.25, 0.3) is 0 Å². The van der Waals surface area contributed by atoms with Crippen LogP contribution in [0.3, 0.4) is 0 Å². The monoisotopic (exact) mass is 330 g/mol. The van der Waals surface area contributed by atoms with Crippen LogP contribution in [0.5, 0.6) is 0 Å². The lowest BCUT2D eigenvalue weighted by Gasteiger charge is -2.12. The summed E-state index contributed by atoms with van der Waals surface area (Å²) in [7, 11) is -8.35. The minimum absolute atomic E-state index is 0.0720. The second-order valence-electron chi connectivity index (χ2n) is 4.97. The maximum absolute atomic E-state index is 11.7. The molecule has 0 fully saturated rings. The highest BCUT2D eigenvalue weighted by Crippen LogP contribution is 2.58. The van der Waals surface area contributed by atoms with Gasteiger partial charge >= 0.3 is 7.60 Å². The summed E-state index contributed by atoms with van der Waals surface area (Å²) in [5, 5.41) is 0. The first-order valence-corrected chi connectivity index (χ1v) is 10.7. The molecular weight excluding hydrogens is 305 g/mol. The van der Waals surface area contributed by atoms with Crippen molar-refractivity contribution in [3.63, 3.8) is 0 Å². The summed E-state index contributed by atoms with van der Waals surface area (Å²) in [5.41, 5.74) is 0. The van der Waals surface area contributed by atoms with Crippen molar-refractivity contribution in [2.75, 3.05) is 12.1 Å². The molecule has 5 nitrogen and oxygen atoms in total. The molecule has 0 saturated heterocycles. The van der Waals surface area contributed by atoms with E-state index < -0.39 is 20.9 Å². The maximum Gasteiger partial charge on any atom is 0.370 e. The Labute approximate surface area is 120 Å². The van der Waals surface area contributed by atoms with Crippen molar-refractivity contribution in [3.8, 4) is 0 Å². The standard InChI is InChI=1S/C12H25FO5P2/c1-2-3-4-5-6-7-8-9-10-11-19(14,15)12-20(16,17)18-13/h2H,1,3-12H2,(H,14,15)(H,16,17). The topological polar surface area (TPSA) is 83.8 Å². The first-order chi connectivity index (χ1) is 9.33. The van der Waals surface area contributed by atoms with Gasteiger partial charge in [-0.1, -0.05) is 38.2 Å². The molecule has 2 unspecified atom stereocenters. The summed E-state index contributed by atoms with van der Waals surface area (Å²) in [6, 6.07) is 0. The van der Waals surface area contributed by atoms with Gasteiger partial charge in [0.05, 0.1) is 0 Å². The van der Waals surface area contributed by atoms with Crippen molar-refractivity contribution in [2.45, 2.75) is 51.4 Å². The zero-order valence-electron chi connectivity index (χ0n) is 11.7. The van der Waals surface area contributed by atoms with Crippen LogP contribution in [-0.4, -0.2) is 21.9 Å². The van der Waals surface area contributed by atoms with Crippen molar-refractivity contribution in [1.82, 2.24) is 0 Å². The summed E-state index contributed by atoms with van der Waals surface area (Å²) in [4.78, 5) is 18.3. The second-order valence-corrected chi connectivity index (χ2v) is 9.65. The smallest absolute Gasteiger partial charge is 0.344 e. The van der Waals surface area contributed by atoms with E-state index >= 15 is 0 Å². The zero-order chi connectivity index (χ0) is 15.5. The fraction of sp³-hybridized carbons (Fsp3) is 0.833. The molecule has 2 N–H and O–H groups in total. The molecule has 0 amide bonds. The normalized spacial score (nSPS) is 17.4. The summed E-state index contributed by atoms with van der Waals surface area (Å²) in [6.45, 7) is 3.65. The quantitative estimate of drug-likeness (QED) is 0.293. The molecular formula is C12H25FO5P2. The molecule has 0 heterocycles. The van der Waals surface area contributed by atoms with E-state index in [1.807, 2.05) is 6.08 Å². The number of allylic oxidation sites excluding steroid dienone is 1. The lowest BCUT2D eigenvalue weighted by Crippen LogP contribution is -1.97. The van der Waals surface area contributed by atoms with Gasteiger partial charge in [0.2, 0.25) is 7.37 Å². The van der Waals surface area contributed by atoms with Gasteiger partial charge in [0.1, 0.15) is 5.90 Å². The largest absolute Gasteiger partial charge is 0.370 e. The second kappa shape index (κ2) is 10.7. The molecule has 0 saturated carbocycles. The maximum atomic E-state index is 11.7. The van der Waals surface area contributed by atoms with Gasteiger partial charge in [-0.25, -0.2) is 0 Å². The number of hydrogen-bond acceptors (Lipinski definition) is 3. The van der Waals surface area contributed by atoms with Crippen LogP contribution in [0.2, 0.25) is 0 Å². The average molecular weight is 330 g/mol. The Kier molecular flexibility index (Phi) is 10.7. The number of hydrogen-bond donors (Lipinski definition) is 2. The minimum Gasteiger partial charge on any atom is -0.344 e. The van der Waals surface area contributed by atoms with Crippen LogP contribution in [-0.2, 0) is 13.9 Å². The van der Waals surface area contributed by atoms with E-state index in [1.54, 1.807) is 0 Å². The van der Waals surface area contributed by atoms with Gasteiger partial charge in [-0.15, -0.1) is 11.3 Å². The van der Waals surface area contributed by atoms with Crippen molar-refractivity contribution in [3.05, 3.63) is 12.7 Å². The van der Waals surface area contributed by atoms with E-state index in [0.717, 1.165) is 44.9 Å². The van der Waals surface area contributed by atoms with Crippen molar-refractivity contribution in [1.29, 1.82) is 0 Å². The van der Waals surface area contributed by atoms with E-state index in [9.17, 15) is 18.5 Å². The third-order valence-electron chi connectivity index (χ3n) is 2.92. The van der Waals surface area contributed by atoms with Gasteiger partial charge in [0.25, 0.3) is 0 Å². The summed E-state index contributed by atoms with van der Waals surface area (Å²) in [6.07, 6.45) is 9.61. The summed E-state index contributed by atoms with van der Waals surface area (Å²) >= 11 is 0. The first kappa shape index (κ1) is 20.0. The van der Waals surface area contributed by atoms with Crippen molar-refractivity contribution < 1.29 is 28.2 Å². The van der Waals surface area contributed by atoms with E-state index in [0.29, 0.717) is 6.42 Å². The lowest BCUT2D eigenvalue weighted by atomic mass is 10.1. The Hall–Kier alpha value is 0.01000. The first-order valence-electron chi connectivity index (χ1n) is 6.87. The number of halogens is 1. The minimum atomic E-state index is -4.56. The fourth-order valence-corrected chi connectivity index (χ4v) is 5.60. The van der Waals surface area contributed by atoms with Gasteiger partial charge in [0, 0.05) is 6.16 Å². The third kappa shape index (κ3) is 11.8. The van der Waals surface area contributed by atoms with E-state index in [1.165, 1.54) is 0 Å². The summed E-state index contributed by atoms with van der Waals surface area (Å²) in [5.74, 6) is -1.02. The van der Waals surface area contributed by atoms with Crippen molar-refractivity contribution in [2.24, 2.45) is 0 Å². The van der Waals surface area contributed by atoms with Crippen LogP contribution in [0, 0.1) is 0 Å². The van der Waals surface area contributed by atoms with Crippen LogP contribution in [0.1, 0.15) is 51.4 Å². The lowest BCUT2D eigenvalue weighted by molar-refractivity contribution is -0.0177. The Morgan fingerprint density at radius 1 is 1.00 bits per heavy atom. The third-order valence-corrected chi connectivity index (χ3v) is 7.35. The highest BCUT2D eigenvalue weighted by atomic mass is 31.2. The van der Waals surface area contributed by atoms with Crippen LogP contribution >= 0.6 is 15.0 Å². The van der Waals surface area contributed by atoms with Gasteiger partial charge in [-0.05, 0) is 23.8 Å². The Balaban J connectivity index is 3.61. The SMILES string of the molecule is C=CCCCCCCCCCP(=O)(O)CP(=O)(O)OF. The molecule has 0 aromatic heterocycles. The molecule has 0 aliphatic rings. The van der Waals surface area contributed by atoms with Crippen LogP contribution in [0.15, 0.2) is 12.7 Å². The van der Waals surface area contributed by atoms with Gasteiger partial charge in [-0.2, -0.15) is 0 Å². The molecule has 0 aromatic rings. The van der Waals surface area contributed by atoms with E-state index in [-0.39, 0.29) is 6.16 Å². The Morgan fingerprint density at radius 2 is 1.50 bits per heavy atom. The number of unbranched alkanes of at least 4 members (excludes halogenated alkanes) is 7. The summed E-state index contributed by atoms with van der Waals surface area (Å²) < 4.78 is 36.9. The molecule has 0 aromatic carbocycles. The van der Waals surface area contributed by atoms with Crippen LogP contribution < -0.4 is 0 Å². The predicted octanol–water partition coefficient (Wildman–Crippen LogP) is 4.61. The predicted molar refractivity (Wildman–Crippen MR) is 78.7 cm³/mol.